The standard InChI is InChI=1S/C31H40F3N5O4/c1-17(2)25-26(40)35-18(3)27(41)39-15-7-8-23(38-39)28(42)43-19(4)22-12-11-21-10-9-20(16-24(21)36-22)13-14-30(5,6)29(37-25)31(32,33)34/h9-14,16-19,23,25,29,37-38H,7-8,15H2,1-6H3,(H,35,40)/b14-13+/t18-,19+,23-,25-,29-/m0/s1. The number of cyclic esters (lactones) is 1. The maximum atomic E-state index is 14.5. The van der Waals surface area contributed by atoms with Gasteiger partial charge in [-0.1, -0.05) is 58.0 Å². The van der Waals surface area contributed by atoms with E-state index in [1.54, 1.807) is 45.0 Å². The van der Waals surface area contributed by atoms with Gasteiger partial charge >= 0.3 is 12.1 Å². The molecule has 2 aromatic rings. The van der Waals surface area contributed by atoms with Gasteiger partial charge in [0.1, 0.15) is 24.2 Å². The number of benzene rings is 1. The van der Waals surface area contributed by atoms with Crippen LogP contribution in [-0.2, 0) is 19.1 Å². The van der Waals surface area contributed by atoms with E-state index in [1.165, 1.54) is 31.9 Å². The minimum Gasteiger partial charge on any atom is -0.455 e. The number of hydrazine groups is 1. The van der Waals surface area contributed by atoms with Crippen molar-refractivity contribution in [2.75, 3.05) is 6.54 Å². The van der Waals surface area contributed by atoms with Gasteiger partial charge in [0, 0.05) is 17.3 Å². The largest absolute Gasteiger partial charge is 0.455 e. The highest BCUT2D eigenvalue weighted by Gasteiger charge is 2.50. The quantitative estimate of drug-likeness (QED) is 0.414. The normalized spacial score (nSPS) is 28.5. The third-order valence-electron chi connectivity index (χ3n) is 7.99. The Labute approximate surface area is 249 Å². The van der Waals surface area contributed by atoms with Crippen molar-refractivity contribution in [1.82, 2.24) is 26.1 Å². The van der Waals surface area contributed by atoms with Crippen molar-refractivity contribution in [1.29, 1.82) is 0 Å². The number of halogens is 3. The number of hydrogen-bond acceptors (Lipinski definition) is 7. The molecule has 2 aliphatic rings. The fraction of sp³-hybridized carbons (Fsp3) is 0.548. The van der Waals surface area contributed by atoms with Gasteiger partial charge in [-0.2, -0.15) is 13.2 Å². The molecular weight excluding hydrogens is 563 g/mol. The summed E-state index contributed by atoms with van der Waals surface area (Å²) in [6, 6.07) is 3.79. The lowest BCUT2D eigenvalue weighted by atomic mass is 9.82. The Morgan fingerprint density at radius 3 is 2.47 bits per heavy atom. The summed E-state index contributed by atoms with van der Waals surface area (Å²) in [6.07, 6.45) is -1.36. The molecule has 9 nitrogen and oxygen atoms in total. The second kappa shape index (κ2) is 12.6. The number of esters is 1. The molecule has 4 rings (SSSR count). The zero-order valence-electron chi connectivity index (χ0n) is 25.3. The lowest BCUT2D eigenvalue weighted by Crippen LogP contribution is -2.63. The molecule has 1 fully saturated rings. The van der Waals surface area contributed by atoms with Gasteiger partial charge in [0.05, 0.1) is 17.3 Å². The van der Waals surface area contributed by atoms with Crippen molar-refractivity contribution in [3.05, 3.63) is 47.7 Å². The van der Waals surface area contributed by atoms with Gasteiger partial charge in [0.15, 0.2) is 0 Å². The first-order valence-corrected chi connectivity index (χ1v) is 14.6. The van der Waals surface area contributed by atoms with E-state index < -0.39 is 65.6 Å². The van der Waals surface area contributed by atoms with Crippen molar-refractivity contribution in [2.24, 2.45) is 11.3 Å². The fourth-order valence-electron chi connectivity index (χ4n) is 5.40. The molecule has 0 spiro atoms. The van der Waals surface area contributed by atoms with Gasteiger partial charge in [-0.3, -0.25) is 24.7 Å². The van der Waals surface area contributed by atoms with E-state index in [-0.39, 0.29) is 6.54 Å². The van der Waals surface area contributed by atoms with Crippen LogP contribution < -0.4 is 16.1 Å². The SMILES string of the molecule is CC(C)[C@@H]1N[C@H](C(F)(F)F)C(C)(C)/C=C/c2ccc3ccc(nc3c2)[C@@H](C)OC(=O)[C@@H]2CCCN(N2)C(=O)[C@H](C)NC1=O. The average molecular weight is 604 g/mol. The molecule has 2 aliphatic heterocycles. The van der Waals surface area contributed by atoms with Crippen LogP contribution in [0.1, 0.15) is 71.7 Å². The Balaban J connectivity index is 1.76. The molecule has 1 aromatic heterocycles. The molecule has 3 heterocycles. The van der Waals surface area contributed by atoms with E-state index in [0.717, 1.165) is 5.39 Å². The van der Waals surface area contributed by atoms with E-state index in [2.05, 4.69) is 21.0 Å². The van der Waals surface area contributed by atoms with Crippen LogP contribution >= 0.6 is 0 Å². The highest BCUT2D eigenvalue weighted by atomic mass is 19.4. The van der Waals surface area contributed by atoms with Crippen LogP contribution in [0.3, 0.4) is 0 Å². The maximum absolute atomic E-state index is 14.5. The number of carbonyl (C=O) groups excluding carboxylic acids is 3. The van der Waals surface area contributed by atoms with E-state index in [9.17, 15) is 27.6 Å². The monoisotopic (exact) mass is 603 g/mol. The van der Waals surface area contributed by atoms with Gasteiger partial charge in [0.2, 0.25) is 5.91 Å². The predicted molar refractivity (Wildman–Crippen MR) is 156 cm³/mol. The second-order valence-corrected chi connectivity index (χ2v) is 12.3. The van der Waals surface area contributed by atoms with Crippen LogP contribution in [0, 0.1) is 11.3 Å². The van der Waals surface area contributed by atoms with Crippen LogP contribution in [0.5, 0.6) is 0 Å². The Morgan fingerprint density at radius 2 is 1.79 bits per heavy atom. The highest BCUT2D eigenvalue weighted by molar-refractivity contribution is 5.90. The highest BCUT2D eigenvalue weighted by Crippen LogP contribution is 2.36. The van der Waals surface area contributed by atoms with Crippen molar-refractivity contribution in [3.63, 3.8) is 0 Å². The molecule has 5 bridgehead atoms. The number of fused-ring (bicyclic) bond motifs is 4. The molecule has 0 radical (unpaired) electrons. The van der Waals surface area contributed by atoms with Crippen LogP contribution in [0.2, 0.25) is 0 Å². The summed E-state index contributed by atoms with van der Waals surface area (Å²) in [5.74, 6) is -2.32. The van der Waals surface area contributed by atoms with Gasteiger partial charge < -0.3 is 10.1 Å². The molecule has 1 saturated heterocycles. The zero-order valence-corrected chi connectivity index (χ0v) is 25.3. The maximum Gasteiger partial charge on any atom is 0.404 e. The first-order valence-electron chi connectivity index (χ1n) is 14.6. The Morgan fingerprint density at radius 1 is 1.09 bits per heavy atom. The molecule has 3 N–H and O–H groups in total. The average Bonchev–Trinajstić information content (AvgIpc) is 2.93. The van der Waals surface area contributed by atoms with Crippen LogP contribution in [0.15, 0.2) is 36.4 Å². The first kappa shape index (κ1) is 32.4. The molecule has 5 atom stereocenters. The number of aromatic nitrogens is 1. The number of nitrogens with one attached hydrogen (secondary N) is 3. The van der Waals surface area contributed by atoms with Gasteiger partial charge in [0.25, 0.3) is 5.91 Å². The van der Waals surface area contributed by atoms with Gasteiger partial charge in [-0.25, -0.2) is 10.4 Å². The second-order valence-electron chi connectivity index (χ2n) is 12.3. The Kier molecular flexibility index (Phi) is 9.51. The van der Waals surface area contributed by atoms with E-state index in [4.69, 9.17) is 4.74 Å². The third kappa shape index (κ3) is 7.53. The summed E-state index contributed by atoms with van der Waals surface area (Å²) >= 11 is 0. The molecule has 1 aromatic carbocycles. The Bertz CT molecular complexity index is 1390. The van der Waals surface area contributed by atoms with Crippen LogP contribution in [-0.4, -0.2) is 64.7 Å². The molecule has 43 heavy (non-hydrogen) atoms. The summed E-state index contributed by atoms with van der Waals surface area (Å²) in [5.41, 5.74) is 3.17. The first-order chi connectivity index (χ1) is 20.1. The van der Waals surface area contributed by atoms with E-state index in [0.29, 0.717) is 29.6 Å². The molecule has 234 valence electrons. The number of nitrogens with zero attached hydrogens (tertiary/aromatic N) is 2. The van der Waals surface area contributed by atoms with Gasteiger partial charge in [-0.05, 0) is 50.3 Å². The fourth-order valence-corrected chi connectivity index (χ4v) is 5.40. The van der Waals surface area contributed by atoms with E-state index in [1.807, 2.05) is 12.1 Å². The summed E-state index contributed by atoms with van der Waals surface area (Å²) in [5, 5.41) is 7.21. The summed E-state index contributed by atoms with van der Waals surface area (Å²) in [7, 11) is 0. The predicted octanol–water partition coefficient (Wildman–Crippen LogP) is 4.44. The lowest BCUT2D eigenvalue weighted by molar-refractivity contribution is -0.177. The lowest BCUT2D eigenvalue weighted by Gasteiger charge is -2.38. The summed E-state index contributed by atoms with van der Waals surface area (Å²) < 4.78 is 49.3. The van der Waals surface area contributed by atoms with Crippen molar-refractivity contribution < 1.29 is 32.3 Å². The molecular formula is C31H40F3N5O4. The zero-order chi connectivity index (χ0) is 31.7. The Hall–Kier alpha value is -3.51. The van der Waals surface area contributed by atoms with Crippen molar-refractivity contribution in [2.45, 2.75) is 90.8 Å². The van der Waals surface area contributed by atoms with Crippen LogP contribution in [0.4, 0.5) is 13.2 Å². The molecule has 12 heteroatoms. The minimum absolute atomic E-state index is 0.287. The van der Waals surface area contributed by atoms with Gasteiger partial charge in [-0.15, -0.1) is 0 Å². The van der Waals surface area contributed by atoms with Crippen LogP contribution in [0.25, 0.3) is 17.0 Å². The molecule has 0 saturated carbocycles. The molecule has 2 amide bonds. The number of alkyl halides is 3. The number of rotatable bonds is 1. The summed E-state index contributed by atoms with van der Waals surface area (Å²) in [6.45, 7) is 9.64. The number of hydrogen-bond donors (Lipinski definition) is 3. The summed E-state index contributed by atoms with van der Waals surface area (Å²) in [4.78, 5) is 44.3. The minimum atomic E-state index is -4.69. The number of carbonyl (C=O) groups is 3. The molecule has 0 aliphatic carbocycles. The van der Waals surface area contributed by atoms with Crippen molar-refractivity contribution >= 4 is 34.8 Å². The number of pyridine rings is 1. The molecule has 0 unspecified atom stereocenters. The number of amides is 2. The van der Waals surface area contributed by atoms with E-state index >= 15 is 0 Å². The smallest absolute Gasteiger partial charge is 0.404 e. The number of ether oxygens (including phenoxy) is 1. The topological polar surface area (TPSA) is 113 Å². The van der Waals surface area contributed by atoms with Crippen molar-refractivity contribution in [3.8, 4) is 0 Å². The third-order valence-corrected chi connectivity index (χ3v) is 7.99.